The number of para-hydroxylation sites is 2. The van der Waals surface area contributed by atoms with E-state index in [-0.39, 0.29) is 0 Å². The molecule has 5 nitrogen and oxygen atoms in total. The predicted molar refractivity (Wildman–Crippen MR) is 71.4 cm³/mol. The average Bonchev–Trinajstić information content (AvgIpc) is 2.95. The Morgan fingerprint density at radius 3 is 2.94 bits per heavy atom. The Morgan fingerprint density at radius 2 is 2.17 bits per heavy atom. The standard InChI is InChI=1S/C12H12N4OS/c13-11-5-6-16(15-11)7-8-18-12-14-9-3-1-2-4-10(9)17-12/h1-6H,7-8H2,(H2,13,15). The molecule has 3 aromatic rings. The highest BCUT2D eigenvalue weighted by Crippen LogP contribution is 2.23. The van der Waals surface area contributed by atoms with Gasteiger partial charge in [0.2, 0.25) is 0 Å². The molecule has 0 atom stereocenters. The van der Waals surface area contributed by atoms with E-state index in [1.165, 1.54) is 0 Å². The van der Waals surface area contributed by atoms with E-state index < -0.39 is 0 Å². The third kappa shape index (κ3) is 2.33. The van der Waals surface area contributed by atoms with E-state index in [1.807, 2.05) is 35.1 Å². The summed E-state index contributed by atoms with van der Waals surface area (Å²) in [6.45, 7) is 0.778. The molecule has 0 saturated carbocycles. The molecule has 6 heteroatoms. The van der Waals surface area contributed by atoms with Crippen LogP contribution in [0.3, 0.4) is 0 Å². The number of nitrogens with two attached hydrogens (primary N) is 1. The Hall–Kier alpha value is -1.95. The molecular weight excluding hydrogens is 248 g/mol. The van der Waals surface area contributed by atoms with E-state index in [9.17, 15) is 0 Å². The maximum Gasteiger partial charge on any atom is 0.256 e. The van der Waals surface area contributed by atoms with Crippen LogP contribution < -0.4 is 5.73 Å². The summed E-state index contributed by atoms with van der Waals surface area (Å²) < 4.78 is 7.42. The molecule has 0 radical (unpaired) electrons. The van der Waals surface area contributed by atoms with Crippen LogP contribution in [0.1, 0.15) is 0 Å². The van der Waals surface area contributed by atoms with E-state index in [0.29, 0.717) is 11.0 Å². The minimum Gasteiger partial charge on any atom is -0.431 e. The van der Waals surface area contributed by atoms with Crippen molar-refractivity contribution >= 4 is 28.7 Å². The number of nitrogen functional groups attached to an aromatic ring is 1. The summed E-state index contributed by atoms with van der Waals surface area (Å²) in [5.41, 5.74) is 7.26. The Kier molecular flexibility index (Phi) is 2.93. The maximum absolute atomic E-state index is 5.61. The molecule has 18 heavy (non-hydrogen) atoms. The topological polar surface area (TPSA) is 69.9 Å². The van der Waals surface area contributed by atoms with Gasteiger partial charge in [0.15, 0.2) is 5.58 Å². The number of fused-ring (bicyclic) bond motifs is 1. The lowest BCUT2D eigenvalue weighted by molar-refractivity contribution is 0.489. The molecule has 0 aliphatic rings. The van der Waals surface area contributed by atoms with Gasteiger partial charge in [-0.25, -0.2) is 4.98 Å². The molecule has 0 bridgehead atoms. The molecule has 3 rings (SSSR count). The van der Waals surface area contributed by atoms with Crippen LogP contribution in [0.5, 0.6) is 0 Å². The Bertz CT molecular complexity index is 628. The zero-order chi connectivity index (χ0) is 12.4. The molecule has 0 spiro atoms. The van der Waals surface area contributed by atoms with E-state index in [2.05, 4.69) is 10.1 Å². The molecule has 0 unspecified atom stereocenters. The third-order valence-electron chi connectivity index (χ3n) is 2.48. The minimum atomic E-state index is 0.543. The van der Waals surface area contributed by atoms with Gasteiger partial charge in [-0.2, -0.15) is 5.10 Å². The number of benzene rings is 1. The molecule has 92 valence electrons. The average molecular weight is 260 g/mol. The fourth-order valence-corrected chi connectivity index (χ4v) is 2.41. The Morgan fingerprint density at radius 1 is 1.28 bits per heavy atom. The Balaban J connectivity index is 1.62. The van der Waals surface area contributed by atoms with Crippen LogP contribution in [0.25, 0.3) is 11.1 Å². The number of nitrogens with zero attached hydrogens (tertiary/aromatic N) is 3. The number of hydrogen-bond donors (Lipinski definition) is 1. The smallest absolute Gasteiger partial charge is 0.256 e. The van der Waals surface area contributed by atoms with Gasteiger partial charge in [0.25, 0.3) is 5.22 Å². The summed E-state index contributed by atoms with van der Waals surface area (Å²) in [4.78, 5) is 4.39. The van der Waals surface area contributed by atoms with Gasteiger partial charge in [0.1, 0.15) is 11.3 Å². The number of thioether (sulfide) groups is 1. The fourth-order valence-electron chi connectivity index (χ4n) is 1.64. The first-order chi connectivity index (χ1) is 8.81. The zero-order valence-corrected chi connectivity index (χ0v) is 10.4. The quantitative estimate of drug-likeness (QED) is 0.729. The highest BCUT2D eigenvalue weighted by Gasteiger charge is 2.05. The maximum atomic E-state index is 5.61. The fraction of sp³-hybridized carbons (Fsp3) is 0.167. The van der Waals surface area contributed by atoms with Gasteiger partial charge in [-0.05, 0) is 18.2 Å². The van der Waals surface area contributed by atoms with Gasteiger partial charge >= 0.3 is 0 Å². The number of aryl methyl sites for hydroxylation is 1. The first-order valence-corrected chi connectivity index (χ1v) is 6.57. The Labute approximate surface area is 108 Å². The van der Waals surface area contributed by atoms with Crippen molar-refractivity contribution in [1.82, 2.24) is 14.8 Å². The monoisotopic (exact) mass is 260 g/mol. The molecule has 2 aromatic heterocycles. The zero-order valence-electron chi connectivity index (χ0n) is 9.61. The lowest BCUT2D eigenvalue weighted by Gasteiger charge is -1.98. The van der Waals surface area contributed by atoms with E-state index in [1.54, 1.807) is 17.8 Å². The predicted octanol–water partition coefficient (Wildman–Crippen LogP) is 2.40. The molecule has 0 fully saturated rings. The van der Waals surface area contributed by atoms with E-state index in [4.69, 9.17) is 10.2 Å². The van der Waals surface area contributed by atoms with E-state index >= 15 is 0 Å². The van der Waals surface area contributed by atoms with Crippen molar-refractivity contribution in [3.63, 3.8) is 0 Å². The van der Waals surface area contributed by atoms with Gasteiger partial charge in [0.05, 0.1) is 6.54 Å². The van der Waals surface area contributed by atoms with Gasteiger partial charge in [-0.15, -0.1) is 0 Å². The summed E-state index contributed by atoms with van der Waals surface area (Å²) >= 11 is 1.57. The first kappa shape index (κ1) is 11.2. The summed E-state index contributed by atoms with van der Waals surface area (Å²) in [5, 5.41) is 4.81. The lowest BCUT2D eigenvalue weighted by atomic mass is 10.3. The lowest BCUT2D eigenvalue weighted by Crippen LogP contribution is -2.01. The molecule has 2 heterocycles. The second kappa shape index (κ2) is 4.73. The molecule has 0 saturated heterocycles. The molecule has 0 aliphatic heterocycles. The summed E-state index contributed by atoms with van der Waals surface area (Å²) in [7, 11) is 0. The van der Waals surface area contributed by atoms with Crippen LogP contribution >= 0.6 is 11.8 Å². The van der Waals surface area contributed by atoms with Crippen LogP contribution in [-0.4, -0.2) is 20.5 Å². The highest BCUT2D eigenvalue weighted by molar-refractivity contribution is 7.99. The molecule has 0 amide bonds. The van der Waals surface area contributed by atoms with Crippen LogP contribution in [-0.2, 0) is 6.54 Å². The van der Waals surface area contributed by atoms with Gasteiger partial charge < -0.3 is 10.2 Å². The number of oxazole rings is 1. The van der Waals surface area contributed by atoms with Crippen molar-refractivity contribution in [2.75, 3.05) is 11.5 Å². The summed E-state index contributed by atoms with van der Waals surface area (Å²) in [6, 6.07) is 9.53. The molecule has 1 aromatic carbocycles. The van der Waals surface area contributed by atoms with Crippen molar-refractivity contribution in [3.8, 4) is 0 Å². The van der Waals surface area contributed by atoms with Crippen molar-refractivity contribution in [3.05, 3.63) is 36.5 Å². The van der Waals surface area contributed by atoms with Crippen molar-refractivity contribution < 1.29 is 4.42 Å². The normalized spacial score (nSPS) is 11.1. The van der Waals surface area contributed by atoms with Crippen LogP contribution in [0.15, 0.2) is 46.2 Å². The van der Waals surface area contributed by atoms with Crippen molar-refractivity contribution in [2.24, 2.45) is 0 Å². The first-order valence-electron chi connectivity index (χ1n) is 5.58. The third-order valence-corrected chi connectivity index (χ3v) is 3.29. The number of hydrogen-bond acceptors (Lipinski definition) is 5. The van der Waals surface area contributed by atoms with Crippen LogP contribution in [0.4, 0.5) is 5.82 Å². The second-order valence-electron chi connectivity index (χ2n) is 3.80. The number of anilines is 1. The minimum absolute atomic E-state index is 0.543. The number of rotatable bonds is 4. The molecular formula is C12H12N4OS. The SMILES string of the molecule is Nc1ccn(CCSc2nc3ccccc3o2)n1. The summed E-state index contributed by atoms with van der Waals surface area (Å²) in [6.07, 6.45) is 1.86. The van der Waals surface area contributed by atoms with Crippen LogP contribution in [0.2, 0.25) is 0 Å². The van der Waals surface area contributed by atoms with Crippen molar-refractivity contribution in [1.29, 1.82) is 0 Å². The largest absolute Gasteiger partial charge is 0.431 e. The van der Waals surface area contributed by atoms with Gasteiger partial charge in [-0.3, -0.25) is 4.68 Å². The van der Waals surface area contributed by atoms with Gasteiger partial charge in [0, 0.05) is 11.9 Å². The van der Waals surface area contributed by atoms with Gasteiger partial charge in [-0.1, -0.05) is 23.9 Å². The molecule has 0 aliphatic carbocycles. The van der Waals surface area contributed by atoms with E-state index in [0.717, 1.165) is 23.4 Å². The summed E-state index contributed by atoms with van der Waals surface area (Å²) in [5.74, 6) is 1.38. The second-order valence-corrected chi connectivity index (χ2v) is 4.85. The van der Waals surface area contributed by atoms with Crippen molar-refractivity contribution in [2.45, 2.75) is 11.8 Å². The number of aromatic nitrogens is 3. The molecule has 2 N–H and O–H groups in total. The van der Waals surface area contributed by atoms with Crippen LogP contribution in [0, 0.1) is 0 Å². The highest BCUT2D eigenvalue weighted by atomic mass is 32.2.